The number of carbonyl (C=O) groups is 2. The van der Waals surface area contributed by atoms with Crippen LogP contribution in [0.3, 0.4) is 0 Å². The lowest BCUT2D eigenvalue weighted by molar-refractivity contribution is -0.118. The van der Waals surface area contributed by atoms with Crippen molar-refractivity contribution in [2.45, 2.75) is 40.0 Å². The van der Waals surface area contributed by atoms with Gasteiger partial charge in [0.15, 0.2) is 15.6 Å². The quantitative estimate of drug-likeness (QED) is 0.563. The van der Waals surface area contributed by atoms with Gasteiger partial charge in [0.25, 0.3) is 0 Å². The van der Waals surface area contributed by atoms with Gasteiger partial charge in [0.2, 0.25) is 11.6 Å². The average molecular weight is 379 g/mol. The SMILES string of the molecule is COC1=C(CC=C(C)CCC=C(C)C)C(=O)C2=C(C1=O)S(=O)(=O)CCN2. The summed E-state index contributed by atoms with van der Waals surface area (Å²) >= 11 is 0. The zero-order valence-corrected chi connectivity index (χ0v) is 16.5. The van der Waals surface area contributed by atoms with E-state index in [4.69, 9.17) is 4.74 Å². The molecule has 0 atom stereocenters. The fourth-order valence-electron chi connectivity index (χ4n) is 2.95. The second-order valence-electron chi connectivity index (χ2n) is 6.69. The average Bonchev–Trinajstić information content (AvgIpc) is 2.55. The van der Waals surface area contributed by atoms with Crippen molar-refractivity contribution in [1.82, 2.24) is 5.32 Å². The van der Waals surface area contributed by atoms with Gasteiger partial charge in [0, 0.05) is 6.54 Å². The van der Waals surface area contributed by atoms with Crippen LogP contribution in [0.15, 0.2) is 45.2 Å². The first-order valence-corrected chi connectivity index (χ1v) is 10.2. The second-order valence-corrected chi connectivity index (χ2v) is 8.74. The first-order chi connectivity index (χ1) is 12.2. The van der Waals surface area contributed by atoms with E-state index in [2.05, 4.69) is 11.4 Å². The number of rotatable bonds is 6. The molecule has 0 aromatic heterocycles. The van der Waals surface area contributed by atoms with Crippen LogP contribution in [0.4, 0.5) is 0 Å². The van der Waals surface area contributed by atoms with Crippen molar-refractivity contribution >= 4 is 21.4 Å². The van der Waals surface area contributed by atoms with E-state index >= 15 is 0 Å². The van der Waals surface area contributed by atoms with E-state index < -0.39 is 26.3 Å². The van der Waals surface area contributed by atoms with E-state index in [9.17, 15) is 18.0 Å². The minimum atomic E-state index is -3.77. The maximum absolute atomic E-state index is 12.8. The Hall–Kier alpha value is -2.15. The summed E-state index contributed by atoms with van der Waals surface area (Å²) in [5.74, 6) is -1.59. The molecule has 0 radical (unpaired) electrons. The van der Waals surface area contributed by atoms with Crippen LogP contribution in [-0.4, -0.2) is 39.4 Å². The van der Waals surface area contributed by atoms with Gasteiger partial charge in [-0.1, -0.05) is 23.3 Å². The van der Waals surface area contributed by atoms with E-state index in [1.807, 2.05) is 26.8 Å². The second kappa shape index (κ2) is 8.03. The molecule has 1 heterocycles. The molecular formula is C19H25NO5S. The molecule has 26 heavy (non-hydrogen) atoms. The highest BCUT2D eigenvalue weighted by Crippen LogP contribution is 2.31. The fourth-order valence-corrected chi connectivity index (χ4v) is 4.37. The van der Waals surface area contributed by atoms with Crippen LogP contribution in [0.2, 0.25) is 0 Å². The van der Waals surface area contributed by atoms with Gasteiger partial charge in [-0.15, -0.1) is 0 Å². The van der Waals surface area contributed by atoms with Crippen LogP contribution >= 0.6 is 0 Å². The third-order valence-corrected chi connectivity index (χ3v) is 6.10. The number of carbonyl (C=O) groups excluding carboxylic acids is 2. The fraction of sp³-hybridized carbons (Fsp3) is 0.474. The Morgan fingerprint density at radius 3 is 2.46 bits per heavy atom. The summed E-state index contributed by atoms with van der Waals surface area (Å²) in [6.07, 6.45) is 6.01. The first-order valence-electron chi connectivity index (χ1n) is 8.55. The lowest BCUT2D eigenvalue weighted by Crippen LogP contribution is -2.41. The minimum Gasteiger partial charge on any atom is -0.492 e. The number of sulfone groups is 1. The summed E-state index contributed by atoms with van der Waals surface area (Å²) in [4.78, 5) is 24.9. The van der Waals surface area contributed by atoms with E-state index in [-0.39, 0.29) is 35.7 Å². The van der Waals surface area contributed by atoms with E-state index in [0.717, 1.165) is 18.4 Å². The van der Waals surface area contributed by atoms with Crippen molar-refractivity contribution in [1.29, 1.82) is 0 Å². The van der Waals surface area contributed by atoms with Gasteiger partial charge in [-0.3, -0.25) is 9.59 Å². The molecule has 0 aromatic carbocycles. The number of hydrogen-bond donors (Lipinski definition) is 1. The Kier molecular flexibility index (Phi) is 6.23. The molecule has 1 aliphatic carbocycles. The van der Waals surface area contributed by atoms with Crippen LogP contribution in [0.25, 0.3) is 0 Å². The molecule has 0 fully saturated rings. The van der Waals surface area contributed by atoms with Crippen molar-refractivity contribution in [3.8, 4) is 0 Å². The minimum absolute atomic E-state index is 0.118. The topological polar surface area (TPSA) is 89.5 Å². The Morgan fingerprint density at radius 1 is 1.15 bits per heavy atom. The number of nitrogens with one attached hydrogen (secondary N) is 1. The van der Waals surface area contributed by atoms with Gasteiger partial charge in [0.05, 0.1) is 18.4 Å². The molecule has 6 nitrogen and oxygen atoms in total. The molecule has 142 valence electrons. The molecule has 2 aliphatic rings. The maximum atomic E-state index is 12.8. The summed E-state index contributed by atoms with van der Waals surface area (Å²) in [6.45, 7) is 6.16. The molecule has 0 unspecified atom stereocenters. The zero-order valence-electron chi connectivity index (χ0n) is 15.6. The van der Waals surface area contributed by atoms with Crippen LogP contribution in [0.1, 0.15) is 40.0 Å². The highest BCUT2D eigenvalue weighted by molar-refractivity contribution is 7.96. The number of ether oxygens (including phenoxy) is 1. The Labute approximate surface area is 154 Å². The van der Waals surface area contributed by atoms with Gasteiger partial charge in [-0.25, -0.2) is 8.42 Å². The molecule has 0 aromatic rings. The van der Waals surface area contributed by atoms with Crippen LogP contribution < -0.4 is 5.32 Å². The number of allylic oxidation sites excluding steroid dienone is 6. The summed E-state index contributed by atoms with van der Waals surface area (Å²) in [5, 5.41) is 2.78. The summed E-state index contributed by atoms with van der Waals surface area (Å²) in [7, 11) is -2.49. The number of methoxy groups -OCH3 is 1. The van der Waals surface area contributed by atoms with Gasteiger partial charge in [-0.2, -0.15) is 0 Å². The van der Waals surface area contributed by atoms with E-state index in [1.54, 1.807) is 0 Å². The predicted molar refractivity (Wildman–Crippen MR) is 99.9 cm³/mol. The normalized spacial score (nSPS) is 19.9. The van der Waals surface area contributed by atoms with Gasteiger partial charge < -0.3 is 10.1 Å². The predicted octanol–water partition coefficient (Wildman–Crippen LogP) is 2.35. The Morgan fingerprint density at radius 2 is 1.85 bits per heavy atom. The van der Waals surface area contributed by atoms with Crippen LogP contribution in [-0.2, 0) is 24.2 Å². The van der Waals surface area contributed by atoms with Crippen molar-refractivity contribution in [3.63, 3.8) is 0 Å². The number of ketones is 2. The number of Topliss-reactive ketones (excluding diaryl/α,β-unsaturated/α-hetero) is 2. The van der Waals surface area contributed by atoms with Gasteiger partial charge in [0.1, 0.15) is 10.6 Å². The van der Waals surface area contributed by atoms with Crippen molar-refractivity contribution in [2.24, 2.45) is 0 Å². The molecule has 2 rings (SSSR count). The van der Waals surface area contributed by atoms with Crippen LogP contribution in [0.5, 0.6) is 0 Å². The summed E-state index contributed by atoms with van der Waals surface area (Å²) < 4.78 is 29.5. The third-order valence-electron chi connectivity index (χ3n) is 4.35. The molecule has 0 amide bonds. The van der Waals surface area contributed by atoms with Crippen molar-refractivity contribution < 1.29 is 22.7 Å². The molecule has 0 spiro atoms. The summed E-state index contributed by atoms with van der Waals surface area (Å²) in [6, 6.07) is 0. The lowest BCUT2D eigenvalue weighted by Gasteiger charge is -2.26. The largest absolute Gasteiger partial charge is 0.492 e. The smallest absolute Gasteiger partial charge is 0.241 e. The highest BCUT2D eigenvalue weighted by Gasteiger charge is 2.43. The lowest BCUT2D eigenvalue weighted by atomic mass is 9.94. The van der Waals surface area contributed by atoms with Gasteiger partial charge >= 0.3 is 0 Å². The van der Waals surface area contributed by atoms with Gasteiger partial charge in [-0.05, 0) is 40.0 Å². The maximum Gasteiger partial charge on any atom is 0.241 e. The molecule has 7 heteroatoms. The molecular weight excluding hydrogens is 354 g/mol. The molecule has 1 aliphatic heterocycles. The molecule has 0 saturated carbocycles. The van der Waals surface area contributed by atoms with E-state index in [1.165, 1.54) is 12.7 Å². The third kappa shape index (κ3) is 4.15. The molecule has 0 bridgehead atoms. The monoisotopic (exact) mass is 379 g/mol. The first kappa shape index (κ1) is 20.2. The number of hydrogen-bond acceptors (Lipinski definition) is 6. The highest BCUT2D eigenvalue weighted by atomic mass is 32.2. The molecule has 1 N–H and O–H groups in total. The van der Waals surface area contributed by atoms with Crippen LogP contribution in [0, 0.1) is 0 Å². The Bertz CT molecular complexity index is 852. The molecule has 0 saturated heterocycles. The van der Waals surface area contributed by atoms with E-state index in [0.29, 0.717) is 0 Å². The summed E-state index contributed by atoms with van der Waals surface area (Å²) in [5.41, 5.74) is 2.42. The van der Waals surface area contributed by atoms with Crippen molar-refractivity contribution in [2.75, 3.05) is 19.4 Å². The standard InChI is InChI=1S/C19H25NO5S/c1-12(2)6-5-7-13(3)8-9-14-16(21)15-19(17(22)18(14)25-4)26(23,24)11-10-20-15/h6,8,20H,5,7,9-11H2,1-4H3. The Balaban J connectivity index is 2.30. The zero-order chi connectivity index (χ0) is 19.5. The van der Waals surface area contributed by atoms with Crippen molar-refractivity contribution in [3.05, 3.63) is 45.2 Å².